The minimum atomic E-state index is -0.251. The number of fused-ring (bicyclic) bond motifs is 1. The lowest BCUT2D eigenvalue weighted by Gasteiger charge is -2.09. The molecule has 0 N–H and O–H groups in total. The number of halogens is 1. The maximum atomic E-state index is 13.6. The Labute approximate surface area is 131 Å². The monoisotopic (exact) mass is 313 g/mol. The molecule has 0 bridgehead atoms. The van der Waals surface area contributed by atoms with Crippen molar-refractivity contribution in [3.8, 4) is 11.8 Å². The first-order chi connectivity index (χ1) is 10.6. The van der Waals surface area contributed by atoms with Gasteiger partial charge < -0.3 is 4.74 Å². The summed E-state index contributed by atoms with van der Waals surface area (Å²) in [5.74, 6) is 0.211. The maximum absolute atomic E-state index is 13.6. The normalized spacial score (nSPS) is 13.0. The Kier molecular flexibility index (Phi) is 3.78. The Morgan fingerprint density at radius 1 is 1.32 bits per heavy atom. The Bertz CT molecular complexity index is 812. The second-order valence-corrected chi connectivity index (χ2v) is 5.93. The highest BCUT2D eigenvalue weighted by molar-refractivity contribution is 7.15. The summed E-state index contributed by atoms with van der Waals surface area (Å²) >= 11 is 1.14. The number of benzene rings is 1. The highest BCUT2D eigenvalue weighted by Gasteiger charge is 2.25. The molecule has 0 saturated heterocycles. The van der Waals surface area contributed by atoms with Gasteiger partial charge in [0.25, 0.3) is 0 Å². The summed E-state index contributed by atoms with van der Waals surface area (Å²) in [5.41, 5.74) is 1.84. The van der Waals surface area contributed by atoms with E-state index >= 15 is 0 Å². The van der Waals surface area contributed by atoms with E-state index in [1.807, 2.05) is 0 Å². The highest BCUT2D eigenvalue weighted by Crippen LogP contribution is 2.37. The number of ether oxygens (including phenoxy) is 1. The van der Waals surface area contributed by atoms with Crippen LogP contribution >= 0.6 is 11.3 Å². The van der Waals surface area contributed by atoms with Gasteiger partial charge in [-0.05, 0) is 42.3 Å². The van der Waals surface area contributed by atoms with Gasteiger partial charge in [0.2, 0.25) is 5.78 Å². The number of methoxy groups -OCH3 is 1. The fourth-order valence-corrected chi connectivity index (χ4v) is 3.57. The van der Waals surface area contributed by atoms with Crippen LogP contribution in [-0.4, -0.2) is 12.9 Å². The van der Waals surface area contributed by atoms with E-state index in [1.165, 1.54) is 6.08 Å². The van der Waals surface area contributed by atoms with E-state index in [2.05, 4.69) is 6.07 Å². The lowest BCUT2D eigenvalue weighted by molar-refractivity contribution is 0.104. The van der Waals surface area contributed by atoms with Crippen molar-refractivity contribution < 1.29 is 13.9 Å². The molecule has 5 heteroatoms. The van der Waals surface area contributed by atoms with Gasteiger partial charge in [-0.15, -0.1) is 11.3 Å². The van der Waals surface area contributed by atoms with Crippen LogP contribution in [0.15, 0.2) is 30.1 Å². The number of ketones is 1. The molecule has 1 aromatic heterocycles. The zero-order valence-electron chi connectivity index (χ0n) is 11.9. The van der Waals surface area contributed by atoms with Gasteiger partial charge in [0.05, 0.1) is 12.0 Å². The van der Waals surface area contributed by atoms with Gasteiger partial charge in [0.1, 0.15) is 22.5 Å². The van der Waals surface area contributed by atoms with Gasteiger partial charge in [-0.25, -0.2) is 4.39 Å². The summed E-state index contributed by atoms with van der Waals surface area (Å²) in [6.45, 7) is 0. The molecule has 0 fully saturated rings. The van der Waals surface area contributed by atoms with Gasteiger partial charge in [-0.3, -0.25) is 4.79 Å². The predicted octanol–water partition coefficient (Wildman–Crippen LogP) is 4.12. The number of rotatable bonds is 3. The molecule has 0 unspecified atom stereocenters. The lowest BCUT2D eigenvalue weighted by Crippen LogP contribution is -2.03. The molecule has 1 heterocycles. The number of thiophene rings is 1. The summed E-state index contributed by atoms with van der Waals surface area (Å²) in [4.78, 5) is 13.6. The Hall–Kier alpha value is -2.45. The number of allylic oxidation sites excluding steroid dienone is 1. The number of carbonyl (C=O) groups is 1. The third-order valence-electron chi connectivity index (χ3n) is 3.62. The van der Waals surface area contributed by atoms with E-state index in [0.29, 0.717) is 33.1 Å². The second kappa shape index (κ2) is 5.74. The van der Waals surface area contributed by atoms with Crippen LogP contribution in [0.25, 0.3) is 6.08 Å². The number of nitrogens with zero attached hydrogens (tertiary/aromatic N) is 1. The summed E-state index contributed by atoms with van der Waals surface area (Å²) in [7, 11) is 1.55. The molecule has 1 aliphatic carbocycles. The van der Waals surface area contributed by atoms with Crippen LogP contribution in [0.5, 0.6) is 5.75 Å². The topological polar surface area (TPSA) is 50.1 Å². The molecule has 1 aliphatic rings. The first kappa shape index (κ1) is 14.5. The Balaban J connectivity index is 2.07. The van der Waals surface area contributed by atoms with Crippen molar-refractivity contribution in [2.75, 3.05) is 7.11 Å². The minimum Gasteiger partial charge on any atom is -0.497 e. The zero-order chi connectivity index (χ0) is 15.7. The van der Waals surface area contributed by atoms with Crippen molar-refractivity contribution in [1.29, 1.82) is 5.26 Å². The molecule has 0 amide bonds. The van der Waals surface area contributed by atoms with Crippen LogP contribution in [0.4, 0.5) is 4.39 Å². The first-order valence-electron chi connectivity index (χ1n) is 6.74. The van der Waals surface area contributed by atoms with Crippen LogP contribution in [0.3, 0.4) is 0 Å². The van der Waals surface area contributed by atoms with Crippen LogP contribution in [0.1, 0.15) is 37.7 Å². The van der Waals surface area contributed by atoms with Crippen molar-refractivity contribution in [3.63, 3.8) is 0 Å². The average Bonchev–Trinajstić information content (AvgIpc) is 2.92. The van der Waals surface area contributed by atoms with E-state index in [1.54, 1.807) is 31.4 Å². The molecule has 3 rings (SSSR count). The molecule has 22 heavy (non-hydrogen) atoms. The van der Waals surface area contributed by atoms with Gasteiger partial charge >= 0.3 is 0 Å². The zero-order valence-corrected chi connectivity index (χ0v) is 12.7. The van der Waals surface area contributed by atoms with Crippen molar-refractivity contribution in [1.82, 2.24) is 0 Å². The lowest BCUT2D eigenvalue weighted by atomic mass is 9.95. The van der Waals surface area contributed by atoms with E-state index in [4.69, 9.17) is 4.74 Å². The Morgan fingerprint density at radius 2 is 2.05 bits per heavy atom. The maximum Gasteiger partial charge on any atom is 0.203 e. The van der Waals surface area contributed by atoms with Crippen molar-refractivity contribution in [2.45, 2.75) is 12.8 Å². The number of hydrogen-bond donors (Lipinski definition) is 0. The van der Waals surface area contributed by atoms with Crippen LogP contribution < -0.4 is 4.74 Å². The average molecular weight is 313 g/mol. The first-order valence-corrected chi connectivity index (χ1v) is 7.56. The number of nitriles is 1. The van der Waals surface area contributed by atoms with Crippen molar-refractivity contribution in [3.05, 3.63) is 56.5 Å². The second-order valence-electron chi connectivity index (χ2n) is 4.91. The molecule has 0 saturated carbocycles. The summed E-state index contributed by atoms with van der Waals surface area (Å²) in [6, 6.07) is 8.85. The standard InChI is InChI=1S/C17H12FNO2S/c1-21-12-5-2-10(3-6-12)16(20)17-14-8-11(18)4-7-13(14)15(9-19)22-17/h2-3,5-6,8H,4,7H2,1H3. The summed E-state index contributed by atoms with van der Waals surface area (Å²) in [6.07, 6.45) is 2.13. The van der Waals surface area contributed by atoms with E-state index < -0.39 is 0 Å². The third-order valence-corrected chi connectivity index (χ3v) is 4.77. The van der Waals surface area contributed by atoms with Gasteiger partial charge in [0.15, 0.2) is 0 Å². The molecule has 110 valence electrons. The van der Waals surface area contributed by atoms with Crippen LogP contribution in [-0.2, 0) is 6.42 Å². The number of carbonyl (C=O) groups excluding carboxylic acids is 1. The van der Waals surface area contributed by atoms with Crippen LogP contribution in [0, 0.1) is 11.3 Å². The Morgan fingerprint density at radius 3 is 2.68 bits per heavy atom. The van der Waals surface area contributed by atoms with Crippen molar-refractivity contribution >= 4 is 23.2 Å². The molecule has 0 aliphatic heterocycles. The quantitative estimate of drug-likeness (QED) is 0.801. The fraction of sp³-hybridized carbons (Fsp3) is 0.176. The molecule has 0 radical (unpaired) electrons. The smallest absolute Gasteiger partial charge is 0.203 e. The molecule has 0 spiro atoms. The summed E-state index contributed by atoms with van der Waals surface area (Å²) in [5, 5.41) is 9.21. The van der Waals surface area contributed by atoms with E-state index in [-0.39, 0.29) is 18.0 Å². The van der Waals surface area contributed by atoms with Gasteiger partial charge in [-0.2, -0.15) is 5.26 Å². The highest BCUT2D eigenvalue weighted by atomic mass is 32.1. The van der Waals surface area contributed by atoms with Crippen LogP contribution in [0.2, 0.25) is 0 Å². The molecule has 1 aromatic carbocycles. The summed E-state index contributed by atoms with van der Waals surface area (Å²) < 4.78 is 18.6. The SMILES string of the molecule is COc1ccc(C(=O)c2sc(C#N)c3c2C=C(F)CC3)cc1. The van der Waals surface area contributed by atoms with E-state index in [9.17, 15) is 14.4 Å². The van der Waals surface area contributed by atoms with Gasteiger partial charge in [0, 0.05) is 17.5 Å². The van der Waals surface area contributed by atoms with Gasteiger partial charge in [-0.1, -0.05) is 0 Å². The molecular formula is C17H12FNO2S. The van der Waals surface area contributed by atoms with E-state index in [0.717, 1.165) is 16.9 Å². The molecule has 3 nitrogen and oxygen atoms in total. The predicted molar refractivity (Wildman–Crippen MR) is 82.9 cm³/mol. The molecule has 0 atom stereocenters. The molecule has 2 aromatic rings. The number of hydrogen-bond acceptors (Lipinski definition) is 4. The van der Waals surface area contributed by atoms with Crippen molar-refractivity contribution in [2.24, 2.45) is 0 Å². The minimum absolute atomic E-state index is 0.198. The fourth-order valence-electron chi connectivity index (χ4n) is 2.48. The third kappa shape index (κ3) is 2.42. The molecular weight excluding hydrogens is 301 g/mol. The largest absolute Gasteiger partial charge is 0.497 e.